The number of nitrogens with zero attached hydrogens (tertiary/aromatic N) is 1. The molecule has 2 heterocycles. The lowest BCUT2D eigenvalue weighted by Gasteiger charge is -2.34. The van der Waals surface area contributed by atoms with Crippen LogP contribution in [0.1, 0.15) is 54.3 Å². The Labute approximate surface area is 193 Å². The molecule has 33 heavy (non-hydrogen) atoms. The van der Waals surface area contributed by atoms with Crippen molar-refractivity contribution < 1.29 is 17.6 Å². The first-order valence-corrected chi connectivity index (χ1v) is 12.6. The predicted molar refractivity (Wildman–Crippen MR) is 128 cm³/mol. The van der Waals surface area contributed by atoms with Crippen LogP contribution in [0.2, 0.25) is 0 Å². The summed E-state index contributed by atoms with van der Waals surface area (Å²) in [5, 5.41) is 3.11. The largest absolute Gasteiger partial charge is 0.450 e. The molecule has 1 aliphatic heterocycles. The van der Waals surface area contributed by atoms with Crippen LogP contribution < -0.4 is 10.7 Å². The molecule has 8 heteroatoms. The number of rotatable bonds is 5. The molecular formula is C25H28N2O5S. The third kappa shape index (κ3) is 4.58. The lowest BCUT2D eigenvalue weighted by Crippen LogP contribution is -2.43. The molecule has 0 saturated carbocycles. The molecule has 3 aromatic rings. The number of sulfonamides is 1. The van der Waals surface area contributed by atoms with Crippen LogP contribution in [0.5, 0.6) is 0 Å². The number of amides is 1. The Kier molecular flexibility index (Phi) is 6.41. The van der Waals surface area contributed by atoms with Gasteiger partial charge in [0, 0.05) is 24.3 Å². The van der Waals surface area contributed by atoms with Crippen molar-refractivity contribution in [2.45, 2.75) is 57.4 Å². The van der Waals surface area contributed by atoms with E-state index in [9.17, 15) is 18.0 Å². The lowest BCUT2D eigenvalue weighted by atomic mass is 10.0. The van der Waals surface area contributed by atoms with Crippen molar-refractivity contribution in [3.05, 3.63) is 69.6 Å². The highest BCUT2D eigenvalue weighted by atomic mass is 32.2. The monoisotopic (exact) mass is 468 g/mol. The van der Waals surface area contributed by atoms with Gasteiger partial charge in [0.05, 0.1) is 10.3 Å². The van der Waals surface area contributed by atoms with Crippen molar-refractivity contribution in [3.8, 4) is 0 Å². The number of nitrogens with one attached hydrogen (secondary N) is 1. The second kappa shape index (κ2) is 9.11. The molecule has 1 aliphatic rings. The third-order valence-corrected chi connectivity index (χ3v) is 8.11. The van der Waals surface area contributed by atoms with Crippen molar-refractivity contribution in [2.75, 3.05) is 11.9 Å². The van der Waals surface area contributed by atoms with E-state index in [0.29, 0.717) is 23.2 Å². The molecule has 0 unspecified atom stereocenters. The second-order valence-corrected chi connectivity index (χ2v) is 10.5. The smallest absolute Gasteiger partial charge is 0.291 e. The summed E-state index contributed by atoms with van der Waals surface area (Å²) in [5.41, 5.74) is 2.21. The molecule has 2 aromatic carbocycles. The molecule has 4 rings (SSSR count). The van der Waals surface area contributed by atoms with Gasteiger partial charge in [0.1, 0.15) is 5.58 Å². The summed E-state index contributed by atoms with van der Waals surface area (Å²) in [7, 11) is -3.60. The minimum Gasteiger partial charge on any atom is -0.450 e. The fraction of sp³-hybridized carbons (Fsp3) is 0.360. The maximum atomic E-state index is 13.1. The van der Waals surface area contributed by atoms with E-state index in [4.69, 9.17) is 4.42 Å². The highest BCUT2D eigenvalue weighted by Crippen LogP contribution is 2.28. The van der Waals surface area contributed by atoms with Gasteiger partial charge in [0.25, 0.3) is 5.91 Å². The molecule has 1 aromatic heterocycles. The number of benzene rings is 2. The predicted octanol–water partition coefficient (Wildman–Crippen LogP) is 4.62. The molecule has 0 aliphatic carbocycles. The van der Waals surface area contributed by atoms with E-state index < -0.39 is 15.9 Å². The zero-order valence-corrected chi connectivity index (χ0v) is 19.9. The number of carbonyl (C=O) groups is 1. The van der Waals surface area contributed by atoms with E-state index in [0.717, 1.165) is 36.8 Å². The van der Waals surface area contributed by atoms with Gasteiger partial charge in [-0.05, 0) is 74.6 Å². The summed E-state index contributed by atoms with van der Waals surface area (Å²) in [6, 6.07) is 10.9. The average Bonchev–Trinajstić information content (AvgIpc) is 2.80. The topological polar surface area (TPSA) is 96.7 Å². The minimum absolute atomic E-state index is 0.0196. The summed E-state index contributed by atoms with van der Waals surface area (Å²) in [5.74, 6) is -0.679. The van der Waals surface area contributed by atoms with Gasteiger partial charge in [-0.25, -0.2) is 8.42 Å². The van der Waals surface area contributed by atoms with Crippen LogP contribution >= 0.6 is 0 Å². The average molecular weight is 469 g/mol. The summed E-state index contributed by atoms with van der Waals surface area (Å²) >= 11 is 0. The van der Waals surface area contributed by atoms with Crippen LogP contribution in [0, 0.1) is 13.8 Å². The van der Waals surface area contributed by atoms with Gasteiger partial charge in [-0.15, -0.1) is 0 Å². The SMILES string of the molecule is CC[C@H]1CCCCN1S(=O)(=O)c1ccc(NC(=O)c2cc(=O)c3cc(C)cc(C)c3o2)cc1. The Morgan fingerprint density at radius 2 is 1.85 bits per heavy atom. The minimum atomic E-state index is -3.60. The zero-order chi connectivity index (χ0) is 23.8. The number of piperidine rings is 1. The number of hydrogen-bond acceptors (Lipinski definition) is 5. The van der Waals surface area contributed by atoms with E-state index >= 15 is 0 Å². The second-order valence-electron chi connectivity index (χ2n) is 8.59. The number of aryl methyl sites for hydroxylation is 2. The van der Waals surface area contributed by atoms with Gasteiger partial charge in [-0.2, -0.15) is 4.31 Å². The Hall–Kier alpha value is -2.97. The first kappa shape index (κ1) is 23.2. The zero-order valence-electron chi connectivity index (χ0n) is 19.1. The number of anilines is 1. The van der Waals surface area contributed by atoms with E-state index in [1.165, 1.54) is 18.2 Å². The van der Waals surface area contributed by atoms with Crippen LogP contribution in [0.15, 0.2) is 56.6 Å². The molecule has 7 nitrogen and oxygen atoms in total. The van der Waals surface area contributed by atoms with Crippen LogP contribution in [0.3, 0.4) is 0 Å². The molecule has 1 atom stereocenters. The molecule has 0 spiro atoms. The van der Waals surface area contributed by atoms with Crippen molar-refractivity contribution in [1.29, 1.82) is 0 Å². The van der Waals surface area contributed by atoms with Crippen molar-refractivity contribution in [2.24, 2.45) is 0 Å². The van der Waals surface area contributed by atoms with Gasteiger partial charge in [0.15, 0.2) is 11.2 Å². The highest BCUT2D eigenvalue weighted by molar-refractivity contribution is 7.89. The normalized spacial score (nSPS) is 17.2. The molecule has 1 amide bonds. The lowest BCUT2D eigenvalue weighted by molar-refractivity contribution is 0.0997. The van der Waals surface area contributed by atoms with Gasteiger partial charge < -0.3 is 9.73 Å². The number of fused-ring (bicyclic) bond motifs is 1. The van der Waals surface area contributed by atoms with Crippen molar-refractivity contribution in [1.82, 2.24) is 4.31 Å². The summed E-state index contributed by atoms with van der Waals surface area (Å²) < 4.78 is 33.6. The molecule has 0 radical (unpaired) electrons. The fourth-order valence-corrected chi connectivity index (χ4v) is 6.22. The molecule has 174 valence electrons. The van der Waals surface area contributed by atoms with E-state index in [1.807, 2.05) is 26.8 Å². The van der Waals surface area contributed by atoms with Crippen LogP contribution in [-0.2, 0) is 10.0 Å². The van der Waals surface area contributed by atoms with E-state index in [1.54, 1.807) is 22.5 Å². The Bertz CT molecular complexity index is 1360. The summed E-state index contributed by atoms with van der Waals surface area (Å²) in [6.45, 7) is 6.25. The Morgan fingerprint density at radius 3 is 2.55 bits per heavy atom. The quantitative estimate of drug-likeness (QED) is 0.590. The van der Waals surface area contributed by atoms with E-state index in [2.05, 4.69) is 5.32 Å². The van der Waals surface area contributed by atoms with Crippen LogP contribution in [0.4, 0.5) is 5.69 Å². The van der Waals surface area contributed by atoms with Crippen LogP contribution in [-0.4, -0.2) is 31.2 Å². The van der Waals surface area contributed by atoms with Crippen molar-refractivity contribution >= 4 is 32.6 Å². The summed E-state index contributed by atoms with van der Waals surface area (Å²) in [4.78, 5) is 25.4. The maximum Gasteiger partial charge on any atom is 0.291 e. The van der Waals surface area contributed by atoms with Gasteiger partial charge in [-0.3, -0.25) is 9.59 Å². The Balaban J connectivity index is 1.56. The number of carbonyl (C=O) groups excluding carboxylic acids is 1. The first-order chi connectivity index (χ1) is 15.7. The highest BCUT2D eigenvalue weighted by Gasteiger charge is 2.32. The first-order valence-electron chi connectivity index (χ1n) is 11.2. The third-order valence-electron chi connectivity index (χ3n) is 6.15. The van der Waals surface area contributed by atoms with Gasteiger partial charge in [0.2, 0.25) is 10.0 Å². The summed E-state index contributed by atoms with van der Waals surface area (Å²) in [6.07, 6.45) is 3.56. The van der Waals surface area contributed by atoms with Gasteiger partial charge in [-0.1, -0.05) is 19.4 Å². The van der Waals surface area contributed by atoms with Crippen molar-refractivity contribution in [3.63, 3.8) is 0 Å². The molecule has 1 N–H and O–H groups in total. The standard InChI is InChI=1S/C25H28N2O5S/c1-4-19-7-5-6-12-27(19)33(30,31)20-10-8-18(9-11-20)26-25(29)23-15-22(28)21-14-16(2)13-17(3)24(21)32-23/h8-11,13-15,19H,4-7,12H2,1-3H3,(H,26,29)/t19-/m0/s1. The fourth-order valence-electron chi connectivity index (χ4n) is 4.46. The molecular weight excluding hydrogens is 440 g/mol. The van der Waals surface area contributed by atoms with Crippen LogP contribution in [0.25, 0.3) is 11.0 Å². The molecule has 0 bridgehead atoms. The Morgan fingerprint density at radius 1 is 1.12 bits per heavy atom. The molecule has 1 saturated heterocycles. The van der Waals surface area contributed by atoms with E-state index in [-0.39, 0.29) is 22.1 Å². The number of hydrogen-bond donors (Lipinski definition) is 1. The van der Waals surface area contributed by atoms with Gasteiger partial charge >= 0.3 is 0 Å². The molecule has 1 fully saturated rings. The maximum absolute atomic E-state index is 13.1.